The van der Waals surface area contributed by atoms with Gasteiger partial charge in [0.15, 0.2) is 0 Å². The first-order chi connectivity index (χ1) is 9.32. The van der Waals surface area contributed by atoms with Crippen molar-refractivity contribution in [2.45, 2.75) is 19.8 Å². The maximum atomic E-state index is 14.1. The monoisotopic (exact) mass is 357 g/mol. The fraction of sp³-hybridized carbons (Fsp3) is 0.214. The normalized spacial score (nSPS) is 11.1. The Balaban J connectivity index is 2.73. The molecular formula is C14H13BrFNO2S. The highest BCUT2D eigenvalue weighted by molar-refractivity contribution is 9.10. The minimum atomic E-state index is -1.09. The zero-order chi connectivity index (χ0) is 15.0. The summed E-state index contributed by atoms with van der Waals surface area (Å²) in [7, 11) is 0. The van der Waals surface area contributed by atoms with Crippen molar-refractivity contribution in [2.24, 2.45) is 0 Å². The Morgan fingerprint density at radius 2 is 2.10 bits per heavy atom. The lowest BCUT2D eigenvalue weighted by molar-refractivity contribution is 0.0703. The van der Waals surface area contributed by atoms with Crippen molar-refractivity contribution >= 4 is 38.9 Å². The van der Waals surface area contributed by atoms with Gasteiger partial charge >= 0.3 is 5.97 Å². The highest BCUT2D eigenvalue weighted by Crippen LogP contribution is 2.43. The number of thiophene rings is 1. The number of benzene rings is 1. The van der Waals surface area contributed by atoms with Gasteiger partial charge in [0.25, 0.3) is 0 Å². The molecule has 0 spiro atoms. The predicted octanol–water partition coefficient (Wildman–Crippen LogP) is 4.72. The largest absolute Gasteiger partial charge is 0.477 e. The Labute approximate surface area is 128 Å². The molecule has 3 N–H and O–H groups in total. The van der Waals surface area contributed by atoms with Crippen molar-refractivity contribution in [3.05, 3.63) is 38.9 Å². The topological polar surface area (TPSA) is 63.3 Å². The standard InChI is InChI=1S/C14H13BrFNO2S/c1-6(2)10-11(17)13(14(18)19)20-12(10)8-4-3-7(15)5-9(8)16/h3-6H,17H2,1-2H3,(H,18,19). The summed E-state index contributed by atoms with van der Waals surface area (Å²) in [5, 5.41) is 9.17. The van der Waals surface area contributed by atoms with Crippen LogP contribution in [-0.4, -0.2) is 11.1 Å². The molecule has 0 fully saturated rings. The molecule has 20 heavy (non-hydrogen) atoms. The molecule has 0 amide bonds. The summed E-state index contributed by atoms with van der Waals surface area (Å²) in [5.41, 5.74) is 7.22. The van der Waals surface area contributed by atoms with Gasteiger partial charge in [-0.3, -0.25) is 0 Å². The number of rotatable bonds is 3. The molecule has 0 atom stereocenters. The van der Waals surface area contributed by atoms with Gasteiger partial charge in [0, 0.05) is 14.9 Å². The van der Waals surface area contributed by atoms with E-state index in [0.29, 0.717) is 20.5 Å². The molecule has 0 aliphatic carbocycles. The van der Waals surface area contributed by atoms with Crippen molar-refractivity contribution in [2.75, 3.05) is 5.73 Å². The third-order valence-electron chi connectivity index (χ3n) is 2.93. The molecule has 1 heterocycles. The Kier molecular flexibility index (Phi) is 4.15. The second kappa shape index (κ2) is 5.54. The van der Waals surface area contributed by atoms with Crippen molar-refractivity contribution < 1.29 is 14.3 Å². The smallest absolute Gasteiger partial charge is 0.348 e. The Hall–Kier alpha value is -1.40. The number of hydrogen-bond acceptors (Lipinski definition) is 3. The number of carboxylic acid groups (broad SMARTS) is 1. The molecule has 2 aromatic rings. The number of anilines is 1. The van der Waals surface area contributed by atoms with E-state index in [1.807, 2.05) is 13.8 Å². The third-order valence-corrected chi connectivity index (χ3v) is 4.67. The van der Waals surface area contributed by atoms with Gasteiger partial charge in [-0.15, -0.1) is 11.3 Å². The summed E-state index contributed by atoms with van der Waals surface area (Å²) in [6.45, 7) is 3.81. The number of carboxylic acids is 1. The van der Waals surface area contributed by atoms with Crippen LogP contribution in [0.4, 0.5) is 10.1 Å². The van der Waals surface area contributed by atoms with E-state index in [1.165, 1.54) is 6.07 Å². The second-order valence-electron chi connectivity index (χ2n) is 4.67. The molecule has 1 aromatic heterocycles. The summed E-state index contributed by atoms with van der Waals surface area (Å²) in [6.07, 6.45) is 0. The average Bonchev–Trinajstić information content (AvgIpc) is 2.66. The summed E-state index contributed by atoms with van der Waals surface area (Å²) in [4.78, 5) is 11.9. The Bertz CT molecular complexity index is 682. The number of nitrogen functional groups attached to an aromatic ring is 1. The molecule has 0 saturated carbocycles. The summed E-state index contributed by atoms with van der Waals surface area (Å²) >= 11 is 4.22. The molecular weight excluding hydrogens is 345 g/mol. The number of halogens is 2. The quantitative estimate of drug-likeness (QED) is 0.835. The molecule has 106 valence electrons. The molecule has 0 unspecified atom stereocenters. The lowest BCUT2D eigenvalue weighted by Crippen LogP contribution is -2.01. The van der Waals surface area contributed by atoms with Gasteiger partial charge in [-0.1, -0.05) is 29.8 Å². The fourth-order valence-electron chi connectivity index (χ4n) is 2.06. The molecule has 6 heteroatoms. The first-order valence-electron chi connectivity index (χ1n) is 5.93. The first kappa shape index (κ1) is 15.0. The van der Waals surface area contributed by atoms with Crippen LogP contribution < -0.4 is 5.73 Å². The van der Waals surface area contributed by atoms with Crippen LogP contribution in [0.15, 0.2) is 22.7 Å². The van der Waals surface area contributed by atoms with Crippen LogP contribution in [0, 0.1) is 5.82 Å². The third kappa shape index (κ3) is 2.58. The fourth-order valence-corrected chi connectivity index (χ4v) is 3.64. The maximum Gasteiger partial charge on any atom is 0.348 e. The van der Waals surface area contributed by atoms with Gasteiger partial charge in [-0.25, -0.2) is 9.18 Å². The zero-order valence-electron chi connectivity index (χ0n) is 10.9. The van der Waals surface area contributed by atoms with Crippen LogP contribution in [0.3, 0.4) is 0 Å². The van der Waals surface area contributed by atoms with E-state index in [4.69, 9.17) is 5.73 Å². The lowest BCUT2D eigenvalue weighted by Gasteiger charge is -2.10. The average molecular weight is 358 g/mol. The van der Waals surface area contributed by atoms with Gasteiger partial charge in [-0.2, -0.15) is 0 Å². The van der Waals surface area contributed by atoms with Gasteiger partial charge in [-0.05, 0) is 29.7 Å². The zero-order valence-corrected chi connectivity index (χ0v) is 13.3. The van der Waals surface area contributed by atoms with Crippen LogP contribution in [0.5, 0.6) is 0 Å². The van der Waals surface area contributed by atoms with E-state index in [2.05, 4.69) is 15.9 Å². The molecule has 1 aromatic carbocycles. The predicted molar refractivity (Wildman–Crippen MR) is 82.9 cm³/mol. The van der Waals surface area contributed by atoms with Crippen molar-refractivity contribution in [1.82, 2.24) is 0 Å². The SMILES string of the molecule is CC(C)c1c(-c2ccc(Br)cc2F)sc(C(=O)O)c1N. The second-order valence-corrected chi connectivity index (χ2v) is 6.61. The maximum absolute atomic E-state index is 14.1. The van der Waals surface area contributed by atoms with Crippen LogP contribution in [0.25, 0.3) is 10.4 Å². The number of aromatic carboxylic acids is 1. The van der Waals surface area contributed by atoms with E-state index >= 15 is 0 Å². The first-order valence-corrected chi connectivity index (χ1v) is 7.54. The van der Waals surface area contributed by atoms with Gasteiger partial charge in [0.05, 0.1) is 5.69 Å². The van der Waals surface area contributed by atoms with Gasteiger partial charge in [0.1, 0.15) is 10.7 Å². The van der Waals surface area contributed by atoms with Crippen LogP contribution >= 0.6 is 27.3 Å². The minimum absolute atomic E-state index is 0.0115. The number of carbonyl (C=O) groups is 1. The van der Waals surface area contributed by atoms with Crippen LogP contribution in [-0.2, 0) is 0 Å². The van der Waals surface area contributed by atoms with Crippen molar-refractivity contribution in [1.29, 1.82) is 0 Å². The highest BCUT2D eigenvalue weighted by Gasteiger charge is 2.24. The molecule has 0 saturated heterocycles. The Morgan fingerprint density at radius 3 is 2.60 bits per heavy atom. The van der Waals surface area contributed by atoms with E-state index < -0.39 is 11.8 Å². The van der Waals surface area contributed by atoms with E-state index in [-0.39, 0.29) is 16.5 Å². The highest BCUT2D eigenvalue weighted by atomic mass is 79.9. The summed E-state index contributed by atoms with van der Waals surface area (Å²) in [6, 6.07) is 4.71. The van der Waals surface area contributed by atoms with Crippen molar-refractivity contribution in [3.63, 3.8) is 0 Å². The summed E-state index contributed by atoms with van der Waals surface area (Å²) < 4.78 is 14.7. The van der Waals surface area contributed by atoms with Crippen LogP contribution in [0.1, 0.15) is 35.0 Å². The van der Waals surface area contributed by atoms with E-state index in [1.54, 1.807) is 12.1 Å². The number of hydrogen-bond donors (Lipinski definition) is 2. The van der Waals surface area contributed by atoms with Gasteiger partial charge < -0.3 is 10.8 Å². The van der Waals surface area contributed by atoms with Crippen LogP contribution in [0.2, 0.25) is 0 Å². The van der Waals surface area contributed by atoms with Gasteiger partial charge in [0.2, 0.25) is 0 Å². The Morgan fingerprint density at radius 1 is 1.45 bits per heavy atom. The molecule has 0 bridgehead atoms. The van der Waals surface area contributed by atoms with E-state index in [0.717, 1.165) is 11.3 Å². The van der Waals surface area contributed by atoms with Crippen molar-refractivity contribution in [3.8, 4) is 10.4 Å². The van der Waals surface area contributed by atoms with E-state index in [9.17, 15) is 14.3 Å². The molecule has 0 radical (unpaired) electrons. The number of nitrogens with two attached hydrogens (primary N) is 1. The minimum Gasteiger partial charge on any atom is -0.477 e. The molecule has 0 aliphatic rings. The molecule has 2 rings (SSSR count). The summed E-state index contributed by atoms with van der Waals surface area (Å²) in [5.74, 6) is -1.48. The molecule has 3 nitrogen and oxygen atoms in total. The lowest BCUT2D eigenvalue weighted by atomic mass is 9.98. The molecule has 0 aliphatic heterocycles.